The quantitative estimate of drug-likeness (QED) is 0.643. The average molecular weight is 236 g/mol. The molecule has 0 bridgehead atoms. The number of nitrogens with zero attached hydrogens (tertiary/aromatic N) is 1. The Morgan fingerprint density at radius 1 is 1.47 bits per heavy atom. The molecule has 1 aliphatic rings. The van der Waals surface area contributed by atoms with Crippen LogP contribution in [0.4, 0.5) is 5.69 Å². The summed E-state index contributed by atoms with van der Waals surface area (Å²) in [4.78, 5) is 10.4. The molecule has 2 atom stereocenters. The van der Waals surface area contributed by atoms with Gasteiger partial charge in [0.1, 0.15) is 6.10 Å². The number of piperidine rings is 1. The molecular weight excluding hydrogens is 220 g/mol. The van der Waals surface area contributed by atoms with Crippen molar-refractivity contribution in [3.63, 3.8) is 0 Å². The lowest BCUT2D eigenvalue weighted by Gasteiger charge is -2.29. The van der Waals surface area contributed by atoms with E-state index in [-0.39, 0.29) is 11.8 Å². The maximum Gasteiger partial charge on any atom is 0.310 e. The maximum atomic E-state index is 10.9. The van der Waals surface area contributed by atoms with E-state index < -0.39 is 4.92 Å². The van der Waals surface area contributed by atoms with E-state index >= 15 is 0 Å². The molecule has 0 aromatic heterocycles. The van der Waals surface area contributed by atoms with Crippen LogP contribution in [0.15, 0.2) is 24.3 Å². The van der Waals surface area contributed by atoms with E-state index in [4.69, 9.17) is 4.74 Å². The Morgan fingerprint density at radius 2 is 2.24 bits per heavy atom. The van der Waals surface area contributed by atoms with Crippen molar-refractivity contribution >= 4 is 5.69 Å². The fourth-order valence-electron chi connectivity index (χ4n) is 1.99. The van der Waals surface area contributed by atoms with Gasteiger partial charge in [0.2, 0.25) is 0 Å². The zero-order valence-electron chi connectivity index (χ0n) is 9.76. The molecule has 5 heteroatoms. The van der Waals surface area contributed by atoms with Crippen molar-refractivity contribution in [2.75, 3.05) is 13.1 Å². The molecule has 1 aromatic carbocycles. The number of rotatable bonds is 3. The number of hydrogen-bond acceptors (Lipinski definition) is 4. The highest BCUT2D eigenvalue weighted by Crippen LogP contribution is 2.28. The maximum absolute atomic E-state index is 10.9. The molecular formula is C12H16N2O3. The molecule has 2 unspecified atom stereocenters. The largest absolute Gasteiger partial charge is 0.482 e. The lowest BCUT2D eigenvalue weighted by atomic mass is 9.97. The summed E-state index contributed by atoms with van der Waals surface area (Å²) in [5, 5.41) is 14.1. The normalized spacial score (nSPS) is 24.3. The summed E-state index contributed by atoms with van der Waals surface area (Å²) in [5.74, 6) is 0.772. The molecule has 92 valence electrons. The first kappa shape index (κ1) is 11.9. The topological polar surface area (TPSA) is 64.4 Å². The lowest BCUT2D eigenvalue weighted by molar-refractivity contribution is -0.386. The average Bonchev–Trinajstić information content (AvgIpc) is 2.32. The molecule has 1 saturated heterocycles. The number of benzene rings is 1. The molecule has 1 fully saturated rings. The van der Waals surface area contributed by atoms with E-state index in [1.165, 1.54) is 6.07 Å². The van der Waals surface area contributed by atoms with Gasteiger partial charge in [-0.25, -0.2) is 0 Å². The lowest BCUT2D eigenvalue weighted by Crippen LogP contribution is -2.42. The highest BCUT2D eigenvalue weighted by molar-refractivity contribution is 5.45. The van der Waals surface area contributed by atoms with Gasteiger partial charge in [0.15, 0.2) is 5.75 Å². The van der Waals surface area contributed by atoms with Crippen LogP contribution in [0, 0.1) is 16.0 Å². The Bertz CT molecular complexity index is 408. The standard InChI is InChI=1S/C12H16N2O3/c1-9-6-7-13-8-12(9)17-11-5-3-2-4-10(11)14(15)16/h2-5,9,12-13H,6-8H2,1H3. The van der Waals surface area contributed by atoms with Crippen molar-refractivity contribution in [1.82, 2.24) is 5.32 Å². The number of nitro benzene ring substituents is 1. The van der Waals surface area contributed by atoms with Gasteiger partial charge in [-0.15, -0.1) is 0 Å². The number of nitrogens with one attached hydrogen (secondary N) is 1. The summed E-state index contributed by atoms with van der Waals surface area (Å²) in [6, 6.07) is 6.52. The van der Waals surface area contributed by atoms with E-state index in [2.05, 4.69) is 12.2 Å². The van der Waals surface area contributed by atoms with Gasteiger partial charge in [0.05, 0.1) is 4.92 Å². The Balaban J connectivity index is 2.14. The van der Waals surface area contributed by atoms with Crippen molar-refractivity contribution in [3.05, 3.63) is 34.4 Å². The van der Waals surface area contributed by atoms with Crippen molar-refractivity contribution in [1.29, 1.82) is 0 Å². The fourth-order valence-corrected chi connectivity index (χ4v) is 1.99. The van der Waals surface area contributed by atoms with Crippen LogP contribution in [-0.4, -0.2) is 24.1 Å². The number of nitro groups is 1. The van der Waals surface area contributed by atoms with Gasteiger partial charge >= 0.3 is 5.69 Å². The van der Waals surface area contributed by atoms with Gasteiger partial charge in [-0.3, -0.25) is 10.1 Å². The molecule has 1 aromatic rings. The predicted octanol–water partition coefficient (Wildman–Crippen LogP) is 1.97. The van der Waals surface area contributed by atoms with Gasteiger partial charge in [0, 0.05) is 12.6 Å². The van der Waals surface area contributed by atoms with Crippen LogP contribution >= 0.6 is 0 Å². The van der Waals surface area contributed by atoms with E-state index in [0.717, 1.165) is 19.5 Å². The van der Waals surface area contributed by atoms with Gasteiger partial charge < -0.3 is 10.1 Å². The summed E-state index contributed by atoms with van der Waals surface area (Å²) in [6.07, 6.45) is 1.04. The van der Waals surface area contributed by atoms with Gasteiger partial charge in [0.25, 0.3) is 0 Å². The molecule has 2 rings (SSSR count). The van der Waals surface area contributed by atoms with Crippen LogP contribution < -0.4 is 10.1 Å². The highest BCUT2D eigenvalue weighted by atomic mass is 16.6. The van der Waals surface area contributed by atoms with E-state index in [1.54, 1.807) is 18.2 Å². The summed E-state index contributed by atoms with van der Waals surface area (Å²) >= 11 is 0. The molecule has 0 saturated carbocycles. The van der Waals surface area contributed by atoms with Crippen LogP contribution in [0.5, 0.6) is 5.75 Å². The summed E-state index contributed by atoms with van der Waals surface area (Å²) in [7, 11) is 0. The third-order valence-electron chi connectivity index (χ3n) is 3.10. The number of para-hydroxylation sites is 2. The third kappa shape index (κ3) is 2.74. The summed E-state index contributed by atoms with van der Waals surface area (Å²) in [6.45, 7) is 3.84. The van der Waals surface area contributed by atoms with Crippen LogP contribution in [0.2, 0.25) is 0 Å². The number of hydrogen-bond donors (Lipinski definition) is 1. The second-order valence-electron chi connectivity index (χ2n) is 4.35. The zero-order valence-corrected chi connectivity index (χ0v) is 9.76. The molecule has 17 heavy (non-hydrogen) atoms. The van der Waals surface area contributed by atoms with Crippen molar-refractivity contribution < 1.29 is 9.66 Å². The first-order valence-electron chi connectivity index (χ1n) is 5.79. The van der Waals surface area contributed by atoms with Crippen LogP contribution in [0.3, 0.4) is 0 Å². The smallest absolute Gasteiger partial charge is 0.310 e. The molecule has 0 aliphatic carbocycles. The number of ether oxygens (including phenoxy) is 1. The molecule has 1 aliphatic heterocycles. The minimum atomic E-state index is -0.406. The van der Waals surface area contributed by atoms with Gasteiger partial charge in [-0.2, -0.15) is 0 Å². The monoisotopic (exact) mass is 236 g/mol. The van der Waals surface area contributed by atoms with E-state index in [9.17, 15) is 10.1 Å². The van der Waals surface area contributed by atoms with Crippen LogP contribution in [0.25, 0.3) is 0 Å². The molecule has 1 heterocycles. The third-order valence-corrected chi connectivity index (χ3v) is 3.10. The predicted molar refractivity (Wildman–Crippen MR) is 64.2 cm³/mol. The van der Waals surface area contributed by atoms with Crippen molar-refractivity contribution in [3.8, 4) is 5.75 Å². The second kappa shape index (κ2) is 5.14. The molecule has 0 amide bonds. The molecule has 1 N–H and O–H groups in total. The first-order valence-corrected chi connectivity index (χ1v) is 5.79. The van der Waals surface area contributed by atoms with E-state index in [0.29, 0.717) is 11.7 Å². The minimum Gasteiger partial charge on any atom is -0.482 e. The zero-order chi connectivity index (χ0) is 12.3. The van der Waals surface area contributed by atoms with Crippen molar-refractivity contribution in [2.45, 2.75) is 19.4 Å². The summed E-state index contributed by atoms with van der Waals surface area (Å²) in [5.41, 5.74) is 0.0327. The molecule has 0 spiro atoms. The van der Waals surface area contributed by atoms with E-state index in [1.807, 2.05) is 0 Å². The fraction of sp³-hybridized carbons (Fsp3) is 0.500. The molecule has 5 nitrogen and oxygen atoms in total. The first-order chi connectivity index (χ1) is 8.18. The SMILES string of the molecule is CC1CCNCC1Oc1ccccc1[N+](=O)[O-]. The Morgan fingerprint density at radius 3 is 2.94 bits per heavy atom. The highest BCUT2D eigenvalue weighted by Gasteiger charge is 2.25. The summed E-state index contributed by atoms with van der Waals surface area (Å²) < 4.78 is 5.76. The Hall–Kier alpha value is -1.62. The Labute approximate surface area is 99.9 Å². The minimum absolute atomic E-state index is 0.00449. The van der Waals surface area contributed by atoms with Gasteiger partial charge in [-0.05, 0) is 24.9 Å². The second-order valence-corrected chi connectivity index (χ2v) is 4.35. The van der Waals surface area contributed by atoms with Crippen LogP contribution in [-0.2, 0) is 0 Å². The van der Waals surface area contributed by atoms with Crippen LogP contribution in [0.1, 0.15) is 13.3 Å². The van der Waals surface area contributed by atoms with Gasteiger partial charge in [-0.1, -0.05) is 19.1 Å². The Kier molecular flexibility index (Phi) is 3.58. The molecule has 0 radical (unpaired) electrons. The van der Waals surface area contributed by atoms with Crippen molar-refractivity contribution in [2.24, 2.45) is 5.92 Å².